The van der Waals surface area contributed by atoms with Gasteiger partial charge in [0.25, 0.3) is 15.9 Å². The predicted octanol–water partition coefficient (Wildman–Crippen LogP) is 5.63. The Labute approximate surface area is 236 Å². The molecule has 1 saturated heterocycles. The molecular formula is C28H28ClF3N4O3S. The zero-order chi connectivity index (χ0) is 28.9. The van der Waals surface area contributed by atoms with Crippen molar-refractivity contribution in [3.05, 3.63) is 94.5 Å². The van der Waals surface area contributed by atoms with Crippen molar-refractivity contribution >= 4 is 38.9 Å². The van der Waals surface area contributed by atoms with E-state index in [1.165, 1.54) is 17.7 Å². The highest BCUT2D eigenvalue weighted by molar-refractivity contribution is 7.92. The van der Waals surface area contributed by atoms with Crippen molar-refractivity contribution in [2.24, 2.45) is 5.10 Å². The van der Waals surface area contributed by atoms with Gasteiger partial charge in [-0.15, -0.1) is 0 Å². The van der Waals surface area contributed by atoms with Crippen molar-refractivity contribution in [1.82, 2.24) is 10.3 Å². The number of alkyl halides is 3. The first-order valence-electron chi connectivity index (χ1n) is 12.5. The summed E-state index contributed by atoms with van der Waals surface area (Å²) in [5.74, 6) is -0.793. The fourth-order valence-electron chi connectivity index (χ4n) is 4.27. The van der Waals surface area contributed by atoms with Gasteiger partial charge < -0.3 is 0 Å². The van der Waals surface area contributed by atoms with Gasteiger partial charge in [-0.25, -0.2) is 13.8 Å². The van der Waals surface area contributed by atoms with Gasteiger partial charge in [-0.05, 0) is 42.8 Å². The molecule has 0 spiro atoms. The van der Waals surface area contributed by atoms with Crippen molar-refractivity contribution in [3.63, 3.8) is 0 Å². The lowest BCUT2D eigenvalue weighted by Gasteiger charge is -2.27. The Balaban J connectivity index is 1.50. The van der Waals surface area contributed by atoms with Gasteiger partial charge in [0.15, 0.2) is 0 Å². The lowest BCUT2D eigenvalue weighted by atomic mass is 10.1. The normalized spacial score (nSPS) is 14.6. The van der Waals surface area contributed by atoms with E-state index < -0.39 is 39.2 Å². The van der Waals surface area contributed by atoms with Crippen molar-refractivity contribution in [3.8, 4) is 0 Å². The second-order valence-electron chi connectivity index (χ2n) is 9.46. The minimum absolute atomic E-state index is 0.175. The third-order valence-electron chi connectivity index (χ3n) is 6.46. The van der Waals surface area contributed by atoms with Gasteiger partial charge in [-0.2, -0.15) is 18.3 Å². The van der Waals surface area contributed by atoms with Gasteiger partial charge in [-0.3, -0.25) is 14.0 Å². The third-order valence-corrected chi connectivity index (χ3v) is 8.58. The Morgan fingerprint density at radius 1 is 1.02 bits per heavy atom. The lowest BCUT2D eigenvalue weighted by Crippen LogP contribution is -2.40. The number of hydrogen-bond acceptors (Lipinski definition) is 5. The SMILES string of the molecule is Cc1ccc(S(=O)(=O)N(CC(=O)NN=C2CCN(Cc3ccccc3)CC2)c2ccc(Cl)c(C(F)(F)F)c2)cc1. The molecule has 3 aromatic carbocycles. The first-order chi connectivity index (χ1) is 18.9. The van der Waals surface area contributed by atoms with Crippen LogP contribution in [-0.2, 0) is 27.5 Å². The number of sulfonamides is 1. The Morgan fingerprint density at radius 3 is 2.30 bits per heavy atom. The molecule has 0 unspecified atom stereocenters. The molecule has 7 nitrogen and oxygen atoms in total. The Kier molecular flexibility index (Phi) is 9.17. The smallest absolute Gasteiger partial charge is 0.298 e. The first kappa shape index (κ1) is 29.6. The first-order valence-corrected chi connectivity index (χ1v) is 14.3. The predicted molar refractivity (Wildman–Crippen MR) is 149 cm³/mol. The average Bonchev–Trinajstić information content (AvgIpc) is 2.92. The summed E-state index contributed by atoms with van der Waals surface area (Å²) in [5.41, 5.74) is 3.55. The molecule has 1 aliphatic rings. The number of nitrogens with one attached hydrogen (secondary N) is 1. The maximum atomic E-state index is 13.5. The number of amides is 1. The quantitative estimate of drug-likeness (QED) is 0.344. The number of carbonyl (C=O) groups excluding carboxylic acids is 1. The van der Waals surface area contributed by atoms with E-state index in [-0.39, 0.29) is 10.6 Å². The summed E-state index contributed by atoms with van der Waals surface area (Å²) in [5, 5.41) is 3.59. The van der Waals surface area contributed by atoms with Gasteiger partial charge in [0.2, 0.25) is 0 Å². The fraction of sp³-hybridized carbons (Fsp3) is 0.286. The van der Waals surface area contributed by atoms with Crippen LogP contribution in [0.3, 0.4) is 0 Å². The van der Waals surface area contributed by atoms with E-state index in [1.54, 1.807) is 19.1 Å². The number of halogens is 4. The number of hydrogen-bond donors (Lipinski definition) is 1. The zero-order valence-corrected chi connectivity index (χ0v) is 23.2. The van der Waals surface area contributed by atoms with E-state index in [0.29, 0.717) is 23.2 Å². The monoisotopic (exact) mass is 592 g/mol. The molecule has 40 heavy (non-hydrogen) atoms. The van der Waals surface area contributed by atoms with E-state index in [2.05, 4.69) is 27.6 Å². The van der Waals surface area contributed by atoms with Crippen LogP contribution >= 0.6 is 11.6 Å². The van der Waals surface area contributed by atoms with Gasteiger partial charge in [0.1, 0.15) is 6.54 Å². The van der Waals surface area contributed by atoms with E-state index in [4.69, 9.17) is 11.6 Å². The van der Waals surface area contributed by atoms with Crippen molar-refractivity contribution in [2.75, 3.05) is 23.9 Å². The molecule has 1 amide bonds. The highest BCUT2D eigenvalue weighted by Gasteiger charge is 2.35. The molecule has 0 bridgehead atoms. The van der Waals surface area contributed by atoms with Crippen LogP contribution in [0.15, 0.2) is 82.8 Å². The zero-order valence-electron chi connectivity index (χ0n) is 21.7. The molecule has 1 N–H and O–H groups in total. The summed E-state index contributed by atoms with van der Waals surface area (Å²) in [6.45, 7) is 3.26. The molecule has 12 heteroatoms. The number of hydrazone groups is 1. The Hall–Kier alpha value is -3.41. The summed E-state index contributed by atoms with van der Waals surface area (Å²) in [7, 11) is -4.41. The molecule has 0 aromatic heterocycles. The number of likely N-dealkylation sites (tertiary alicyclic amines) is 1. The number of benzene rings is 3. The van der Waals surface area contributed by atoms with E-state index in [1.807, 2.05) is 18.2 Å². The number of rotatable bonds is 8. The molecule has 212 valence electrons. The van der Waals surface area contributed by atoms with E-state index >= 15 is 0 Å². The summed E-state index contributed by atoms with van der Waals surface area (Å²) < 4.78 is 68.3. The standard InChI is InChI=1S/C28H28ClF3N4O3S/c1-20-7-10-24(11-8-20)40(38,39)36(23-9-12-26(29)25(17-23)28(30,31)32)19-27(37)34-33-22-13-15-35(16-14-22)18-21-5-3-2-4-6-21/h2-12,17H,13-16,18-19H2,1H3,(H,34,37). The Morgan fingerprint density at radius 2 is 1.68 bits per heavy atom. The molecular weight excluding hydrogens is 565 g/mol. The van der Waals surface area contributed by atoms with Crippen LogP contribution in [0.25, 0.3) is 0 Å². The largest absolute Gasteiger partial charge is 0.417 e. The van der Waals surface area contributed by atoms with Gasteiger partial charge in [0.05, 0.1) is 21.2 Å². The number of anilines is 1. The highest BCUT2D eigenvalue weighted by atomic mass is 35.5. The number of aryl methyl sites for hydroxylation is 1. The van der Waals surface area contributed by atoms with Crippen LogP contribution in [0.2, 0.25) is 5.02 Å². The summed E-state index contributed by atoms with van der Waals surface area (Å²) in [6, 6.07) is 18.5. The number of carbonyl (C=O) groups is 1. The molecule has 1 aliphatic heterocycles. The van der Waals surface area contributed by atoms with Crippen LogP contribution in [0, 0.1) is 6.92 Å². The summed E-state index contributed by atoms with van der Waals surface area (Å²) >= 11 is 5.74. The van der Waals surface area contributed by atoms with Crippen molar-refractivity contribution < 1.29 is 26.4 Å². The maximum absolute atomic E-state index is 13.5. The third kappa shape index (κ3) is 7.41. The second kappa shape index (κ2) is 12.4. The molecule has 0 atom stereocenters. The van der Waals surface area contributed by atoms with Crippen LogP contribution in [-0.4, -0.2) is 44.6 Å². The lowest BCUT2D eigenvalue weighted by molar-refractivity contribution is -0.137. The minimum Gasteiger partial charge on any atom is -0.298 e. The van der Waals surface area contributed by atoms with Crippen LogP contribution in [0.5, 0.6) is 0 Å². The van der Waals surface area contributed by atoms with Crippen LogP contribution in [0.4, 0.5) is 18.9 Å². The molecule has 0 aliphatic carbocycles. The van der Waals surface area contributed by atoms with Crippen LogP contribution < -0.4 is 9.73 Å². The molecule has 3 aromatic rings. The van der Waals surface area contributed by atoms with E-state index in [0.717, 1.165) is 43.0 Å². The average molecular weight is 593 g/mol. The van der Waals surface area contributed by atoms with Gasteiger partial charge in [-0.1, -0.05) is 59.6 Å². The maximum Gasteiger partial charge on any atom is 0.417 e. The minimum atomic E-state index is -4.82. The summed E-state index contributed by atoms with van der Waals surface area (Å²) in [4.78, 5) is 15.0. The highest BCUT2D eigenvalue weighted by Crippen LogP contribution is 2.38. The van der Waals surface area contributed by atoms with Crippen LogP contribution in [0.1, 0.15) is 29.5 Å². The Bertz CT molecular complexity index is 1470. The molecule has 1 heterocycles. The van der Waals surface area contributed by atoms with Crippen molar-refractivity contribution in [2.45, 2.75) is 37.4 Å². The van der Waals surface area contributed by atoms with E-state index in [9.17, 15) is 26.4 Å². The second-order valence-corrected chi connectivity index (χ2v) is 11.7. The topological polar surface area (TPSA) is 82.1 Å². The fourth-order valence-corrected chi connectivity index (χ4v) is 5.91. The van der Waals surface area contributed by atoms with Crippen molar-refractivity contribution in [1.29, 1.82) is 0 Å². The molecule has 4 rings (SSSR count). The van der Waals surface area contributed by atoms with Gasteiger partial charge >= 0.3 is 6.18 Å². The molecule has 0 saturated carbocycles. The summed E-state index contributed by atoms with van der Waals surface area (Å²) in [6.07, 6.45) is -3.59. The molecule has 1 fully saturated rings. The number of piperidine rings is 1. The molecule has 0 radical (unpaired) electrons. The van der Waals surface area contributed by atoms with Gasteiger partial charge in [0, 0.05) is 38.2 Å². The number of nitrogens with zero attached hydrogens (tertiary/aromatic N) is 3.